The Morgan fingerprint density at radius 1 is 1.33 bits per heavy atom. The van der Waals surface area contributed by atoms with Gasteiger partial charge in [0.05, 0.1) is 17.9 Å². The normalized spacial score (nSPS) is 15.5. The molecule has 1 aromatic carbocycles. The molecule has 0 unspecified atom stereocenters. The maximum absolute atomic E-state index is 12.0. The van der Waals surface area contributed by atoms with Crippen molar-refractivity contribution in [1.29, 1.82) is 0 Å². The fourth-order valence-corrected chi connectivity index (χ4v) is 2.64. The molecule has 2 rings (SSSR count). The molecule has 0 bridgehead atoms. The topological polar surface area (TPSA) is 58.4 Å². The van der Waals surface area contributed by atoms with E-state index in [2.05, 4.69) is 27.9 Å². The van der Waals surface area contributed by atoms with E-state index in [9.17, 15) is 4.79 Å². The van der Waals surface area contributed by atoms with Gasteiger partial charge in [0.2, 0.25) is 5.91 Å². The number of halogens is 1. The molecule has 0 aromatic heterocycles. The number of hydrogen-bond acceptors (Lipinski definition) is 3. The van der Waals surface area contributed by atoms with E-state index in [4.69, 9.17) is 5.73 Å². The van der Waals surface area contributed by atoms with Crippen LogP contribution in [0.4, 0.5) is 11.4 Å². The third-order valence-electron chi connectivity index (χ3n) is 3.15. The number of piperidine rings is 1. The molecule has 3 N–H and O–H groups in total. The second-order valence-electron chi connectivity index (χ2n) is 4.53. The first-order valence-corrected chi connectivity index (χ1v) is 7.31. The Bertz CT molecular complexity index is 430. The van der Waals surface area contributed by atoms with Crippen LogP contribution < -0.4 is 11.1 Å². The molecule has 1 amide bonds. The zero-order chi connectivity index (χ0) is 13.0. The summed E-state index contributed by atoms with van der Waals surface area (Å²) in [6, 6.07) is 5.79. The number of nitrogens with two attached hydrogens (primary N) is 1. The zero-order valence-electron chi connectivity index (χ0n) is 10.3. The van der Waals surface area contributed by atoms with Gasteiger partial charge >= 0.3 is 0 Å². The third-order valence-corrected chi connectivity index (χ3v) is 3.82. The van der Waals surface area contributed by atoms with Crippen LogP contribution in [0.5, 0.6) is 0 Å². The van der Waals surface area contributed by atoms with E-state index < -0.39 is 0 Å². The van der Waals surface area contributed by atoms with Crippen molar-refractivity contribution in [2.45, 2.75) is 19.3 Å². The summed E-state index contributed by atoms with van der Waals surface area (Å²) in [5.41, 5.74) is 7.42. The highest BCUT2D eigenvalue weighted by atomic mass is 127. The van der Waals surface area contributed by atoms with Crippen molar-refractivity contribution in [3.63, 3.8) is 0 Å². The smallest absolute Gasteiger partial charge is 0.241 e. The van der Waals surface area contributed by atoms with Crippen molar-refractivity contribution in [2.24, 2.45) is 0 Å². The average Bonchev–Trinajstić information content (AvgIpc) is 2.38. The fraction of sp³-hybridized carbons (Fsp3) is 0.462. The van der Waals surface area contributed by atoms with Gasteiger partial charge in [0.25, 0.3) is 0 Å². The van der Waals surface area contributed by atoms with Gasteiger partial charge in [-0.15, -0.1) is 0 Å². The second-order valence-corrected chi connectivity index (χ2v) is 5.77. The highest BCUT2D eigenvalue weighted by molar-refractivity contribution is 14.1. The van der Waals surface area contributed by atoms with Crippen molar-refractivity contribution >= 4 is 39.9 Å². The summed E-state index contributed by atoms with van der Waals surface area (Å²) in [7, 11) is 0. The Hall–Kier alpha value is -0.980. The van der Waals surface area contributed by atoms with Crippen LogP contribution >= 0.6 is 22.6 Å². The van der Waals surface area contributed by atoms with Crippen molar-refractivity contribution < 1.29 is 4.79 Å². The molecule has 0 aliphatic carbocycles. The molecule has 1 fully saturated rings. The Morgan fingerprint density at radius 3 is 2.72 bits per heavy atom. The lowest BCUT2D eigenvalue weighted by Gasteiger charge is -2.27. The lowest BCUT2D eigenvalue weighted by Crippen LogP contribution is -2.39. The molecule has 4 nitrogen and oxygen atoms in total. The minimum atomic E-state index is 0.160. The Balaban J connectivity index is 1.88. The molecule has 1 aliphatic heterocycles. The fourth-order valence-electron chi connectivity index (χ4n) is 2.12. The molecule has 0 spiro atoms. The number of carbonyl (C=O) groups is 1. The molecule has 18 heavy (non-hydrogen) atoms. The van der Waals surface area contributed by atoms with E-state index in [1.807, 2.05) is 23.1 Å². The summed E-state index contributed by atoms with van der Waals surface area (Å²) < 4.78 is 1.10. The van der Waals surface area contributed by atoms with E-state index in [0.717, 1.165) is 35.2 Å². The van der Waals surface area contributed by atoms with Gasteiger partial charge in [0.1, 0.15) is 0 Å². The number of carbonyl (C=O) groups excluding carboxylic acids is 1. The van der Waals surface area contributed by atoms with Gasteiger partial charge in [-0.25, -0.2) is 0 Å². The Morgan fingerprint density at radius 2 is 2.06 bits per heavy atom. The number of nitrogens with zero attached hydrogens (tertiary/aromatic N) is 1. The predicted molar refractivity (Wildman–Crippen MR) is 82.5 cm³/mol. The first kappa shape index (κ1) is 13.5. The summed E-state index contributed by atoms with van der Waals surface area (Å²) >= 11 is 2.22. The molecule has 5 heteroatoms. The molecule has 98 valence electrons. The maximum Gasteiger partial charge on any atom is 0.241 e. The minimum Gasteiger partial charge on any atom is -0.397 e. The van der Waals surface area contributed by atoms with Crippen molar-refractivity contribution in [1.82, 2.24) is 4.90 Å². The molecule has 1 aromatic rings. The maximum atomic E-state index is 12.0. The van der Waals surface area contributed by atoms with Gasteiger partial charge < -0.3 is 16.0 Å². The first-order chi connectivity index (χ1) is 8.66. The van der Waals surface area contributed by atoms with E-state index in [0.29, 0.717) is 12.2 Å². The SMILES string of the molecule is Nc1cc(I)ccc1NCC(=O)N1CCCCC1. The second kappa shape index (κ2) is 6.26. The largest absolute Gasteiger partial charge is 0.397 e. The molecular weight excluding hydrogens is 341 g/mol. The van der Waals surface area contributed by atoms with Crippen molar-refractivity contribution in [3.8, 4) is 0 Å². The predicted octanol–water partition coefficient (Wildman–Crippen LogP) is 2.30. The molecule has 1 saturated heterocycles. The van der Waals surface area contributed by atoms with Crippen LogP contribution in [-0.4, -0.2) is 30.4 Å². The van der Waals surface area contributed by atoms with Crippen molar-refractivity contribution in [3.05, 3.63) is 21.8 Å². The minimum absolute atomic E-state index is 0.160. The number of nitrogens with one attached hydrogen (secondary N) is 1. The van der Waals surface area contributed by atoms with Gasteiger partial charge in [0.15, 0.2) is 0 Å². The number of benzene rings is 1. The number of rotatable bonds is 3. The van der Waals surface area contributed by atoms with E-state index in [1.54, 1.807) is 0 Å². The summed E-state index contributed by atoms with van der Waals surface area (Å²) in [5.74, 6) is 0.160. The Kier molecular flexibility index (Phi) is 4.68. The number of nitrogen functional groups attached to an aromatic ring is 1. The van der Waals surface area contributed by atoms with Crippen LogP contribution in [0.3, 0.4) is 0 Å². The summed E-state index contributed by atoms with van der Waals surface area (Å²) in [6.07, 6.45) is 3.48. The van der Waals surface area contributed by atoms with Gasteiger partial charge in [0, 0.05) is 16.7 Å². The Labute approximate surface area is 121 Å². The van der Waals surface area contributed by atoms with E-state index >= 15 is 0 Å². The molecular formula is C13H18IN3O. The van der Waals surface area contributed by atoms with Gasteiger partial charge in [-0.2, -0.15) is 0 Å². The van der Waals surface area contributed by atoms with Crippen LogP contribution in [0, 0.1) is 3.57 Å². The number of amides is 1. The highest BCUT2D eigenvalue weighted by Gasteiger charge is 2.16. The van der Waals surface area contributed by atoms with Gasteiger partial charge in [-0.05, 0) is 60.1 Å². The van der Waals surface area contributed by atoms with Crippen LogP contribution in [0.1, 0.15) is 19.3 Å². The quantitative estimate of drug-likeness (QED) is 0.643. The molecule has 0 radical (unpaired) electrons. The van der Waals surface area contributed by atoms with Crippen molar-refractivity contribution in [2.75, 3.05) is 30.7 Å². The van der Waals surface area contributed by atoms with Gasteiger partial charge in [-0.3, -0.25) is 4.79 Å². The molecule has 1 aliphatic rings. The van der Waals surface area contributed by atoms with E-state index in [-0.39, 0.29) is 5.91 Å². The molecule has 0 atom stereocenters. The number of likely N-dealkylation sites (tertiary alicyclic amines) is 1. The number of hydrogen-bond donors (Lipinski definition) is 2. The average molecular weight is 359 g/mol. The monoisotopic (exact) mass is 359 g/mol. The highest BCUT2D eigenvalue weighted by Crippen LogP contribution is 2.20. The summed E-state index contributed by atoms with van der Waals surface area (Å²) in [5, 5.41) is 3.12. The van der Waals surface area contributed by atoms with Crippen LogP contribution in [0.15, 0.2) is 18.2 Å². The summed E-state index contributed by atoms with van der Waals surface area (Å²) in [6.45, 7) is 2.11. The van der Waals surface area contributed by atoms with Crippen LogP contribution in [0.2, 0.25) is 0 Å². The van der Waals surface area contributed by atoms with Crippen LogP contribution in [0.25, 0.3) is 0 Å². The van der Waals surface area contributed by atoms with E-state index in [1.165, 1.54) is 6.42 Å². The first-order valence-electron chi connectivity index (χ1n) is 6.23. The third kappa shape index (κ3) is 3.51. The van der Waals surface area contributed by atoms with Crippen LogP contribution in [-0.2, 0) is 4.79 Å². The number of anilines is 2. The lowest BCUT2D eigenvalue weighted by atomic mass is 10.1. The molecule has 1 heterocycles. The van der Waals surface area contributed by atoms with Gasteiger partial charge in [-0.1, -0.05) is 0 Å². The molecule has 0 saturated carbocycles. The standard InChI is InChI=1S/C13H18IN3O/c14-10-4-5-12(11(15)8-10)16-9-13(18)17-6-2-1-3-7-17/h4-5,8,16H,1-3,6-7,9,15H2. The zero-order valence-corrected chi connectivity index (χ0v) is 12.4. The lowest BCUT2D eigenvalue weighted by molar-refractivity contribution is -0.130. The summed E-state index contributed by atoms with van der Waals surface area (Å²) in [4.78, 5) is 13.9.